The van der Waals surface area contributed by atoms with Crippen molar-refractivity contribution in [2.45, 2.75) is 39.7 Å². The predicted octanol–water partition coefficient (Wildman–Crippen LogP) is 3.08. The van der Waals surface area contributed by atoms with Crippen molar-refractivity contribution in [3.05, 3.63) is 29.3 Å². The molecular formula is C15H24N2. The van der Waals surface area contributed by atoms with Gasteiger partial charge in [0.15, 0.2) is 0 Å². The summed E-state index contributed by atoms with van der Waals surface area (Å²) in [5.41, 5.74) is 9.81. The van der Waals surface area contributed by atoms with Crippen molar-refractivity contribution in [2.75, 3.05) is 18.0 Å². The maximum atomic E-state index is 5.87. The Morgan fingerprint density at radius 2 is 2.12 bits per heavy atom. The molecule has 1 atom stereocenters. The summed E-state index contributed by atoms with van der Waals surface area (Å²) < 4.78 is 0. The first-order chi connectivity index (χ1) is 8.20. The fourth-order valence-electron chi connectivity index (χ4n) is 2.69. The van der Waals surface area contributed by atoms with Crippen LogP contribution < -0.4 is 10.6 Å². The zero-order valence-electron chi connectivity index (χ0n) is 11.1. The van der Waals surface area contributed by atoms with E-state index in [0.717, 1.165) is 5.92 Å². The van der Waals surface area contributed by atoms with Crippen LogP contribution >= 0.6 is 0 Å². The van der Waals surface area contributed by atoms with Crippen LogP contribution in [0.4, 0.5) is 5.69 Å². The highest BCUT2D eigenvalue weighted by atomic mass is 15.1. The Morgan fingerprint density at radius 1 is 1.29 bits per heavy atom. The number of hydrogen-bond acceptors (Lipinski definition) is 2. The largest absolute Gasteiger partial charge is 0.371 e. The van der Waals surface area contributed by atoms with E-state index in [-0.39, 0.29) is 0 Å². The third kappa shape index (κ3) is 3.01. The maximum absolute atomic E-state index is 5.87. The molecule has 1 unspecified atom stereocenters. The van der Waals surface area contributed by atoms with Gasteiger partial charge in [-0.3, -0.25) is 0 Å². The molecule has 1 heterocycles. The zero-order valence-corrected chi connectivity index (χ0v) is 11.1. The van der Waals surface area contributed by atoms with Crippen LogP contribution in [0.3, 0.4) is 0 Å². The van der Waals surface area contributed by atoms with Gasteiger partial charge >= 0.3 is 0 Å². The van der Waals surface area contributed by atoms with Gasteiger partial charge < -0.3 is 10.6 Å². The van der Waals surface area contributed by atoms with Crippen molar-refractivity contribution in [3.8, 4) is 0 Å². The van der Waals surface area contributed by atoms with Crippen molar-refractivity contribution in [3.63, 3.8) is 0 Å². The van der Waals surface area contributed by atoms with Crippen LogP contribution in [0.15, 0.2) is 18.2 Å². The smallest absolute Gasteiger partial charge is 0.0411 e. The van der Waals surface area contributed by atoms with Gasteiger partial charge in [0.1, 0.15) is 0 Å². The van der Waals surface area contributed by atoms with Crippen LogP contribution in [-0.2, 0) is 6.54 Å². The molecule has 1 aliphatic heterocycles. The summed E-state index contributed by atoms with van der Waals surface area (Å²) in [6.07, 6.45) is 3.97. The van der Waals surface area contributed by atoms with Crippen molar-refractivity contribution in [1.82, 2.24) is 0 Å². The lowest BCUT2D eigenvalue weighted by Crippen LogP contribution is -2.25. The summed E-state index contributed by atoms with van der Waals surface area (Å²) in [7, 11) is 0. The minimum atomic E-state index is 0.642. The summed E-state index contributed by atoms with van der Waals surface area (Å²) >= 11 is 0. The molecule has 0 amide bonds. The van der Waals surface area contributed by atoms with E-state index in [4.69, 9.17) is 5.73 Å². The Bertz CT molecular complexity index is 373. The molecule has 1 aliphatic rings. The van der Waals surface area contributed by atoms with Gasteiger partial charge in [-0.2, -0.15) is 0 Å². The third-order valence-electron chi connectivity index (χ3n) is 3.81. The van der Waals surface area contributed by atoms with E-state index < -0.39 is 0 Å². The summed E-state index contributed by atoms with van der Waals surface area (Å²) in [5, 5.41) is 0. The van der Waals surface area contributed by atoms with Gasteiger partial charge in [0, 0.05) is 25.3 Å². The number of nitrogens with zero attached hydrogens (tertiary/aromatic N) is 1. The molecule has 0 spiro atoms. The van der Waals surface area contributed by atoms with Gasteiger partial charge in [-0.25, -0.2) is 0 Å². The van der Waals surface area contributed by atoms with Crippen LogP contribution in [0.2, 0.25) is 0 Å². The summed E-state index contributed by atoms with van der Waals surface area (Å²) in [4.78, 5) is 2.52. The third-order valence-corrected chi connectivity index (χ3v) is 3.81. The molecule has 0 radical (unpaired) electrons. The van der Waals surface area contributed by atoms with Gasteiger partial charge in [-0.15, -0.1) is 0 Å². The number of anilines is 1. The van der Waals surface area contributed by atoms with E-state index in [0.29, 0.717) is 6.54 Å². The number of nitrogens with two attached hydrogens (primary N) is 1. The Labute approximate surface area is 105 Å². The van der Waals surface area contributed by atoms with E-state index in [1.54, 1.807) is 0 Å². The molecule has 2 rings (SSSR count). The van der Waals surface area contributed by atoms with E-state index in [2.05, 4.69) is 36.9 Å². The molecule has 0 aromatic heterocycles. The Morgan fingerprint density at radius 3 is 2.88 bits per heavy atom. The first kappa shape index (κ1) is 12.4. The lowest BCUT2D eigenvalue weighted by molar-refractivity contribution is 0.521. The molecule has 1 aromatic carbocycles. The number of hydrogen-bond donors (Lipinski definition) is 1. The lowest BCUT2D eigenvalue weighted by Gasteiger charge is -2.25. The summed E-state index contributed by atoms with van der Waals surface area (Å²) in [5.74, 6) is 0.867. The monoisotopic (exact) mass is 232 g/mol. The van der Waals surface area contributed by atoms with Crippen LogP contribution in [-0.4, -0.2) is 13.1 Å². The standard InChI is InChI=1S/C15H24N2/c1-12-4-3-8-17(9-7-12)15-6-5-13(2)10-14(15)11-16/h5-6,10,12H,3-4,7-9,11,16H2,1-2H3. The lowest BCUT2D eigenvalue weighted by atomic mass is 10.0. The van der Waals surface area contributed by atoms with E-state index in [1.807, 2.05) is 0 Å². The number of rotatable bonds is 2. The molecule has 17 heavy (non-hydrogen) atoms. The molecule has 2 heteroatoms. The van der Waals surface area contributed by atoms with Gasteiger partial charge in [-0.05, 0) is 43.7 Å². The highest BCUT2D eigenvalue weighted by molar-refractivity contribution is 5.55. The van der Waals surface area contributed by atoms with Crippen molar-refractivity contribution < 1.29 is 0 Å². The summed E-state index contributed by atoms with van der Waals surface area (Å²) in [6.45, 7) is 7.50. The highest BCUT2D eigenvalue weighted by Gasteiger charge is 2.16. The number of aryl methyl sites for hydroxylation is 1. The Kier molecular flexibility index (Phi) is 4.06. The average Bonchev–Trinajstić information content (AvgIpc) is 2.54. The molecule has 1 fully saturated rings. The minimum Gasteiger partial charge on any atom is -0.371 e. The van der Waals surface area contributed by atoms with Gasteiger partial charge in [-0.1, -0.05) is 24.6 Å². The Hall–Kier alpha value is -1.02. The second kappa shape index (κ2) is 5.54. The zero-order chi connectivity index (χ0) is 12.3. The first-order valence-corrected chi connectivity index (χ1v) is 6.75. The quantitative estimate of drug-likeness (QED) is 0.849. The van der Waals surface area contributed by atoms with E-state index in [9.17, 15) is 0 Å². The fraction of sp³-hybridized carbons (Fsp3) is 0.600. The predicted molar refractivity (Wildman–Crippen MR) is 74.3 cm³/mol. The maximum Gasteiger partial charge on any atom is 0.0411 e. The SMILES string of the molecule is Cc1ccc(N2CCCC(C)CC2)c(CN)c1. The molecule has 0 aliphatic carbocycles. The number of benzene rings is 1. The molecular weight excluding hydrogens is 208 g/mol. The molecule has 1 saturated heterocycles. The first-order valence-electron chi connectivity index (χ1n) is 6.75. The topological polar surface area (TPSA) is 29.3 Å². The Balaban J connectivity index is 2.20. The minimum absolute atomic E-state index is 0.642. The molecule has 0 saturated carbocycles. The van der Waals surface area contributed by atoms with Gasteiger partial charge in [0.2, 0.25) is 0 Å². The molecule has 2 N–H and O–H groups in total. The highest BCUT2D eigenvalue weighted by Crippen LogP contribution is 2.26. The van der Waals surface area contributed by atoms with Crippen LogP contribution in [0.25, 0.3) is 0 Å². The second-order valence-electron chi connectivity index (χ2n) is 5.36. The van der Waals surface area contributed by atoms with Crippen molar-refractivity contribution >= 4 is 5.69 Å². The van der Waals surface area contributed by atoms with Gasteiger partial charge in [0.05, 0.1) is 0 Å². The van der Waals surface area contributed by atoms with Crippen LogP contribution in [0.5, 0.6) is 0 Å². The van der Waals surface area contributed by atoms with Gasteiger partial charge in [0.25, 0.3) is 0 Å². The normalized spacial score (nSPS) is 21.4. The molecule has 1 aromatic rings. The summed E-state index contributed by atoms with van der Waals surface area (Å²) in [6, 6.07) is 6.67. The second-order valence-corrected chi connectivity index (χ2v) is 5.36. The molecule has 94 valence electrons. The van der Waals surface area contributed by atoms with E-state index >= 15 is 0 Å². The van der Waals surface area contributed by atoms with Crippen LogP contribution in [0, 0.1) is 12.8 Å². The van der Waals surface area contributed by atoms with Crippen LogP contribution in [0.1, 0.15) is 37.3 Å². The van der Waals surface area contributed by atoms with Crippen molar-refractivity contribution in [2.24, 2.45) is 11.7 Å². The molecule has 0 bridgehead atoms. The fourth-order valence-corrected chi connectivity index (χ4v) is 2.69. The van der Waals surface area contributed by atoms with Crippen molar-refractivity contribution in [1.29, 1.82) is 0 Å². The van der Waals surface area contributed by atoms with E-state index in [1.165, 1.54) is 49.2 Å². The molecule has 2 nitrogen and oxygen atoms in total. The average molecular weight is 232 g/mol.